The van der Waals surface area contributed by atoms with Crippen molar-refractivity contribution in [3.05, 3.63) is 47.8 Å². The molecular formula is C15H16FN3O2. The van der Waals surface area contributed by atoms with Gasteiger partial charge < -0.3 is 21.1 Å². The number of nitrogen functional groups attached to an aromatic ring is 1. The molecule has 2 rings (SSSR count). The summed E-state index contributed by atoms with van der Waals surface area (Å²) in [7, 11) is 2.99. The number of rotatable bonds is 4. The van der Waals surface area contributed by atoms with Gasteiger partial charge in [-0.15, -0.1) is 0 Å². The predicted octanol–water partition coefficient (Wildman–Crippen LogP) is 2.52. The summed E-state index contributed by atoms with van der Waals surface area (Å²) in [6.07, 6.45) is 0. The maximum atomic E-state index is 13.2. The number of amides is 1. The van der Waals surface area contributed by atoms with Crippen LogP contribution in [0.3, 0.4) is 0 Å². The molecule has 2 aromatic rings. The summed E-state index contributed by atoms with van der Waals surface area (Å²) < 4.78 is 18.3. The van der Waals surface area contributed by atoms with Crippen molar-refractivity contribution < 1.29 is 13.9 Å². The molecule has 0 unspecified atom stereocenters. The van der Waals surface area contributed by atoms with Gasteiger partial charge in [-0.1, -0.05) is 0 Å². The van der Waals surface area contributed by atoms with Gasteiger partial charge in [-0.2, -0.15) is 0 Å². The highest BCUT2D eigenvalue weighted by molar-refractivity contribution is 6.01. The fraction of sp³-hybridized carbons (Fsp3) is 0.133. The molecule has 5 nitrogen and oxygen atoms in total. The Labute approximate surface area is 121 Å². The lowest BCUT2D eigenvalue weighted by Crippen LogP contribution is -2.19. The summed E-state index contributed by atoms with van der Waals surface area (Å²) in [5.74, 6) is -0.324. The van der Waals surface area contributed by atoms with Crippen LogP contribution in [-0.2, 0) is 0 Å². The third kappa shape index (κ3) is 3.22. The molecule has 0 aliphatic heterocycles. The molecule has 6 heteroatoms. The first-order valence-electron chi connectivity index (χ1n) is 6.27. The van der Waals surface area contributed by atoms with Crippen LogP contribution < -0.4 is 21.1 Å². The fourth-order valence-electron chi connectivity index (χ4n) is 1.91. The van der Waals surface area contributed by atoms with Gasteiger partial charge in [-0.25, -0.2) is 4.39 Å². The van der Waals surface area contributed by atoms with Crippen molar-refractivity contribution in [2.45, 2.75) is 0 Å². The van der Waals surface area contributed by atoms with Crippen LogP contribution in [0.2, 0.25) is 0 Å². The molecule has 1 amide bonds. The molecule has 0 aliphatic rings. The average molecular weight is 289 g/mol. The molecule has 0 spiro atoms. The lowest BCUT2D eigenvalue weighted by Gasteiger charge is -2.14. The number of carbonyl (C=O) groups excluding carboxylic acids is 1. The van der Waals surface area contributed by atoms with Gasteiger partial charge in [0.05, 0.1) is 24.0 Å². The number of anilines is 3. The first kappa shape index (κ1) is 14.6. The molecule has 0 bridgehead atoms. The van der Waals surface area contributed by atoms with Crippen LogP contribution in [0.4, 0.5) is 21.5 Å². The van der Waals surface area contributed by atoms with Crippen molar-refractivity contribution in [1.82, 2.24) is 5.32 Å². The van der Waals surface area contributed by atoms with E-state index in [-0.39, 0.29) is 5.91 Å². The number of methoxy groups -OCH3 is 1. The molecule has 2 aromatic carbocycles. The Bertz CT molecular complexity index is 674. The molecular weight excluding hydrogens is 273 g/mol. The first-order valence-corrected chi connectivity index (χ1v) is 6.27. The zero-order valence-electron chi connectivity index (χ0n) is 11.7. The molecule has 0 radical (unpaired) electrons. The largest absolute Gasteiger partial charge is 0.494 e. The molecule has 0 saturated carbocycles. The molecule has 21 heavy (non-hydrogen) atoms. The van der Waals surface area contributed by atoms with Gasteiger partial charge in [0.25, 0.3) is 5.91 Å². The van der Waals surface area contributed by atoms with E-state index in [1.807, 2.05) is 0 Å². The number of hydrogen-bond acceptors (Lipinski definition) is 4. The van der Waals surface area contributed by atoms with Crippen LogP contribution in [0.5, 0.6) is 5.75 Å². The summed E-state index contributed by atoms with van der Waals surface area (Å²) in [5.41, 5.74) is 7.74. The Morgan fingerprint density at radius 1 is 1.19 bits per heavy atom. The van der Waals surface area contributed by atoms with Crippen LogP contribution in [0.15, 0.2) is 36.4 Å². The molecule has 0 atom stereocenters. The van der Waals surface area contributed by atoms with E-state index in [2.05, 4.69) is 10.6 Å². The normalized spacial score (nSPS) is 10.0. The van der Waals surface area contributed by atoms with Gasteiger partial charge in [-0.05, 0) is 30.3 Å². The Morgan fingerprint density at radius 2 is 1.95 bits per heavy atom. The number of nitrogens with one attached hydrogen (secondary N) is 2. The monoisotopic (exact) mass is 289 g/mol. The fourth-order valence-corrected chi connectivity index (χ4v) is 1.91. The minimum Gasteiger partial charge on any atom is -0.494 e. The summed E-state index contributed by atoms with van der Waals surface area (Å²) in [6, 6.07) is 8.98. The highest BCUT2D eigenvalue weighted by Gasteiger charge is 2.12. The number of halogens is 1. The topological polar surface area (TPSA) is 76.4 Å². The second-order valence-electron chi connectivity index (χ2n) is 4.35. The third-order valence-electron chi connectivity index (χ3n) is 2.95. The van der Waals surface area contributed by atoms with Crippen molar-refractivity contribution in [2.75, 3.05) is 25.2 Å². The summed E-state index contributed by atoms with van der Waals surface area (Å²) >= 11 is 0. The predicted molar refractivity (Wildman–Crippen MR) is 80.5 cm³/mol. The van der Waals surface area contributed by atoms with Crippen LogP contribution in [0.1, 0.15) is 10.4 Å². The van der Waals surface area contributed by atoms with Gasteiger partial charge in [-0.3, -0.25) is 4.79 Å². The summed E-state index contributed by atoms with van der Waals surface area (Å²) in [5, 5.41) is 5.60. The lowest BCUT2D eigenvalue weighted by molar-refractivity contribution is 0.0964. The smallest absolute Gasteiger partial charge is 0.253 e. The van der Waals surface area contributed by atoms with Crippen molar-refractivity contribution in [3.8, 4) is 5.75 Å². The zero-order valence-corrected chi connectivity index (χ0v) is 11.7. The molecule has 0 fully saturated rings. The van der Waals surface area contributed by atoms with Crippen molar-refractivity contribution in [2.24, 2.45) is 0 Å². The van der Waals surface area contributed by atoms with E-state index in [1.165, 1.54) is 25.3 Å². The van der Waals surface area contributed by atoms with Gasteiger partial charge in [0.2, 0.25) is 0 Å². The van der Waals surface area contributed by atoms with E-state index in [0.717, 1.165) is 0 Å². The highest BCUT2D eigenvalue weighted by atomic mass is 19.1. The SMILES string of the molecule is CNC(=O)c1ccc(N)cc1Nc1ccc(F)cc1OC. The van der Waals surface area contributed by atoms with Gasteiger partial charge in [0.1, 0.15) is 11.6 Å². The van der Waals surface area contributed by atoms with Crippen LogP contribution in [0, 0.1) is 5.82 Å². The highest BCUT2D eigenvalue weighted by Crippen LogP contribution is 2.30. The maximum Gasteiger partial charge on any atom is 0.253 e. The molecule has 0 heterocycles. The number of nitrogens with two attached hydrogens (primary N) is 1. The Kier molecular flexibility index (Phi) is 4.27. The maximum absolute atomic E-state index is 13.2. The van der Waals surface area contributed by atoms with Crippen LogP contribution in [0.25, 0.3) is 0 Å². The van der Waals surface area contributed by atoms with Gasteiger partial charge in [0.15, 0.2) is 0 Å². The van der Waals surface area contributed by atoms with Crippen molar-refractivity contribution >= 4 is 23.0 Å². The van der Waals surface area contributed by atoms with E-state index >= 15 is 0 Å². The second kappa shape index (κ2) is 6.13. The van der Waals surface area contributed by atoms with E-state index in [1.54, 1.807) is 25.2 Å². The number of hydrogen-bond donors (Lipinski definition) is 3. The molecule has 0 aliphatic carbocycles. The first-order chi connectivity index (χ1) is 10.0. The minimum absolute atomic E-state index is 0.251. The summed E-state index contributed by atoms with van der Waals surface area (Å²) in [4.78, 5) is 11.9. The second-order valence-corrected chi connectivity index (χ2v) is 4.35. The van der Waals surface area contributed by atoms with E-state index < -0.39 is 5.82 Å². The Morgan fingerprint density at radius 3 is 2.62 bits per heavy atom. The molecule has 110 valence electrons. The number of benzene rings is 2. The van der Waals surface area contributed by atoms with E-state index in [0.29, 0.717) is 28.4 Å². The zero-order chi connectivity index (χ0) is 15.4. The van der Waals surface area contributed by atoms with Gasteiger partial charge >= 0.3 is 0 Å². The van der Waals surface area contributed by atoms with Crippen LogP contribution in [-0.4, -0.2) is 20.1 Å². The quantitative estimate of drug-likeness (QED) is 0.756. The third-order valence-corrected chi connectivity index (χ3v) is 2.95. The van der Waals surface area contributed by atoms with E-state index in [4.69, 9.17) is 10.5 Å². The van der Waals surface area contributed by atoms with Crippen molar-refractivity contribution in [3.63, 3.8) is 0 Å². The van der Waals surface area contributed by atoms with Crippen molar-refractivity contribution in [1.29, 1.82) is 0 Å². The number of ether oxygens (including phenoxy) is 1. The summed E-state index contributed by atoms with van der Waals surface area (Å²) in [6.45, 7) is 0. The van der Waals surface area contributed by atoms with E-state index in [9.17, 15) is 9.18 Å². The molecule has 0 saturated heterocycles. The lowest BCUT2D eigenvalue weighted by atomic mass is 10.1. The average Bonchev–Trinajstić information content (AvgIpc) is 2.48. The molecule has 0 aromatic heterocycles. The standard InChI is InChI=1S/C15H16FN3O2/c1-18-15(20)11-5-4-10(17)8-13(11)19-12-6-3-9(16)7-14(12)21-2/h3-8,19H,17H2,1-2H3,(H,18,20). The Balaban J connectivity index is 2.43. The number of carbonyl (C=O) groups is 1. The Hall–Kier alpha value is -2.76. The van der Waals surface area contributed by atoms with Gasteiger partial charge in [0, 0.05) is 18.8 Å². The molecule has 4 N–H and O–H groups in total. The van der Waals surface area contributed by atoms with Crippen LogP contribution >= 0.6 is 0 Å². The minimum atomic E-state index is -0.406.